The normalized spacial score (nSPS) is 13.0. The molecule has 2 atom stereocenters. The second-order valence-corrected chi connectivity index (χ2v) is 4.23. The SMILES string of the molecule is C=C=C.C=C=C=C.CCC(C)C(C)C(C)CC. The van der Waals surface area contributed by atoms with E-state index in [1.165, 1.54) is 12.8 Å². The summed E-state index contributed by atoms with van der Waals surface area (Å²) in [7, 11) is 0. The van der Waals surface area contributed by atoms with Crippen LogP contribution in [0.4, 0.5) is 0 Å². The minimum atomic E-state index is 0.898. The van der Waals surface area contributed by atoms with E-state index in [-0.39, 0.29) is 0 Å². The first-order valence-corrected chi connectivity index (χ1v) is 6.29. The Hall–Kier alpha value is -1.18. The topological polar surface area (TPSA) is 0 Å². The first-order valence-electron chi connectivity index (χ1n) is 6.29. The fourth-order valence-electron chi connectivity index (χ4n) is 1.30. The summed E-state index contributed by atoms with van der Waals surface area (Å²) in [6.45, 7) is 24.3. The van der Waals surface area contributed by atoms with Crippen LogP contribution in [0.25, 0.3) is 0 Å². The number of hydrogen-bond donors (Lipinski definition) is 0. The lowest BCUT2D eigenvalue weighted by atomic mass is 9.82. The van der Waals surface area contributed by atoms with E-state index in [0.717, 1.165) is 17.8 Å². The maximum atomic E-state index is 3.18. The molecule has 0 amide bonds. The Morgan fingerprint density at radius 1 is 0.765 bits per heavy atom. The molecule has 0 saturated carbocycles. The van der Waals surface area contributed by atoms with Gasteiger partial charge in [0, 0.05) is 0 Å². The number of hydrogen-bond acceptors (Lipinski definition) is 0. The van der Waals surface area contributed by atoms with Gasteiger partial charge in [-0.1, -0.05) is 72.1 Å². The van der Waals surface area contributed by atoms with Crippen molar-refractivity contribution >= 4 is 0 Å². The molecule has 0 fully saturated rings. The molecule has 0 aliphatic heterocycles. The fraction of sp³-hybridized carbons (Fsp3) is 0.588. The highest BCUT2D eigenvalue weighted by atomic mass is 14.2. The standard InChI is InChI=1S/C10H22.C4H4.C3H4/c1-6-8(3)10(5)9(4)7-2;1-3-4-2;1-3-2/h8-10H,6-7H2,1-5H3;1-2H2;1-2H2. The molecule has 0 heteroatoms. The van der Waals surface area contributed by atoms with E-state index in [1.807, 2.05) is 0 Å². The fourth-order valence-corrected chi connectivity index (χ4v) is 1.30. The van der Waals surface area contributed by atoms with Crippen LogP contribution in [-0.2, 0) is 0 Å². The highest BCUT2D eigenvalue weighted by Crippen LogP contribution is 2.24. The third-order valence-corrected chi connectivity index (χ3v) is 3.21. The molecule has 0 aromatic heterocycles. The highest BCUT2D eigenvalue weighted by Gasteiger charge is 2.15. The Labute approximate surface area is 109 Å². The molecule has 0 bridgehead atoms. The zero-order valence-corrected chi connectivity index (χ0v) is 12.5. The Morgan fingerprint density at radius 3 is 1.12 bits per heavy atom. The number of rotatable bonds is 4. The quantitative estimate of drug-likeness (QED) is 0.540. The van der Waals surface area contributed by atoms with Crippen LogP contribution in [0.5, 0.6) is 0 Å². The molecule has 0 nitrogen and oxygen atoms in total. The lowest BCUT2D eigenvalue weighted by molar-refractivity contribution is 0.267. The van der Waals surface area contributed by atoms with Gasteiger partial charge in [-0.3, -0.25) is 0 Å². The van der Waals surface area contributed by atoms with E-state index in [2.05, 4.69) is 78.1 Å². The van der Waals surface area contributed by atoms with Crippen molar-refractivity contribution in [3.8, 4) is 0 Å². The summed E-state index contributed by atoms with van der Waals surface area (Å²) >= 11 is 0. The summed E-state index contributed by atoms with van der Waals surface area (Å²) in [6, 6.07) is 0. The van der Waals surface area contributed by atoms with Crippen LogP contribution in [0.15, 0.2) is 43.5 Å². The van der Waals surface area contributed by atoms with Gasteiger partial charge in [0.1, 0.15) is 0 Å². The van der Waals surface area contributed by atoms with Crippen molar-refractivity contribution in [3.63, 3.8) is 0 Å². The van der Waals surface area contributed by atoms with Crippen LogP contribution in [0.1, 0.15) is 47.5 Å². The Bertz CT molecular complexity index is 223. The monoisotopic (exact) mass is 234 g/mol. The predicted octanol–water partition coefficient (Wildman–Crippen LogP) is 5.78. The first-order chi connectivity index (χ1) is 7.96. The molecule has 0 rings (SSSR count). The average molecular weight is 234 g/mol. The van der Waals surface area contributed by atoms with Crippen molar-refractivity contribution in [3.05, 3.63) is 43.5 Å². The second kappa shape index (κ2) is 17.2. The predicted molar refractivity (Wildman–Crippen MR) is 81.1 cm³/mol. The van der Waals surface area contributed by atoms with Gasteiger partial charge in [-0.2, -0.15) is 0 Å². The summed E-state index contributed by atoms with van der Waals surface area (Å²) in [5.74, 6) is 2.69. The first kappa shape index (κ1) is 21.1. The molecule has 98 valence electrons. The molecule has 0 aliphatic carbocycles. The van der Waals surface area contributed by atoms with Crippen molar-refractivity contribution in [1.82, 2.24) is 0 Å². The maximum absolute atomic E-state index is 3.18. The van der Waals surface area contributed by atoms with E-state index in [1.54, 1.807) is 0 Å². The van der Waals surface area contributed by atoms with Gasteiger partial charge in [-0.15, -0.1) is 5.73 Å². The molecule has 2 unspecified atom stereocenters. The van der Waals surface area contributed by atoms with Crippen molar-refractivity contribution in [2.75, 3.05) is 0 Å². The van der Waals surface area contributed by atoms with Gasteiger partial charge in [0.25, 0.3) is 0 Å². The average Bonchev–Trinajstić information content (AvgIpc) is 2.37. The summed E-state index contributed by atoms with van der Waals surface area (Å²) in [5, 5.41) is 0. The Kier molecular flexibility index (Phi) is 21.4. The molecule has 0 aliphatic rings. The van der Waals surface area contributed by atoms with Gasteiger partial charge in [0.05, 0.1) is 0 Å². The lowest BCUT2D eigenvalue weighted by Gasteiger charge is -2.23. The molecular weight excluding hydrogens is 204 g/mol. The van der Waals surface area contributed by atoms with Crippen molar-refractivity contribution in [1.29, 1.82) is 0 Å². The van der Waals surface area contributed by atoms with Crippen LogP contribution in [0.2, 0.25) is 0 Å². The van der Waals surface area contributed by atoms with Gasteiger partial charge >= 0.3 is 0 Å². The van der Waals surface area contributed by atoms with Gasteiger partial charge in [-0.05, 0) is 30.9 Å². The summed E-state index contributed by atoms with van der Waals surface area (Å²) in [6.07, 6.45) is 2.65. The highest BCUT2D eigenvalue weighted by molar-refractivity contribution is 4.66. The van der Waals surface area contributed by atoms with Gasteiger partial charge in [0.2, 0.25) is 0 Å². The lowest BCUT2D eigenvalue weighted by Crippen LogP contribution is -2.14. The van der Waals surface area contributed by atoms with Crippen LogP contribution in [-0.4, -0.2) is 0 Å². The molecule has 17 heavy (non-hydrogen) atoms. The third-order valence-electron chi connectivity index (χ3n) is 3.21. The largest absolute Gasteiger partial charge is 0.137 e. The van der Waals surface area contributed by atoms with Crippen molar-refractivity contribution < 1.29 is 0 Å². The summed E-state index contributed by atoms with van der Waals surface area (Å²) in [4.78, 5) is 0. The van der Waals surface area contributed by atoms with Gasteiger partial charge in [0.15, 0.2) is 0 Å². The molecule has 0 aromatic rings. The van der Waals surface area contributed by atoms with Crippen molar-refractivity contribution in [2.24, 2.45) is 17.8 Å². The van der Waals surface area contributed by atoms with E-state index in [0.29, 0.717) is 0 Å². The molecule has 0 radical (unpaired) electrons. The van der Waals surface area contributed by atoms with Crippen LogP contribution in [0, 0.1) is 17.8 Å². The van der Waals surface area contributed by atoms with Crippen LogP contribution < -0.4 is 0 Å². The molecule has 0 spiro atoms. The van der Waals surface area contributed by atoms with Crippen molar-refractivity contribution in [2.45, 2.75) is 47.5 Å². The van der Waals surface area contributed by atoms with E-state index < -0.39 is 0 Å². The molecule has 0 aromatic carbocycles. The Balaban J connectivity index is -0.000000232. The molecule has 0 saturated heterocycles. The maximum Gasteiger partial charge on any atom is -0.0391 e. The van der Waals surface area contributed by atoms with E-state index in [4.69, 9.17) is 0 Å². The van der Waals surface area contributed by atoms with Gasteiger partial charge in [-0.25, -0.2) is 0 Å². The minimum Gasteiger partial charge on any atom is -0.137 e. The van der Waals surface area contributed by atoms with Crippen LogP contribution in [0.3, 0.4) is 0 Å². The summed E-state index contributed by atoms with van der Waals surface area (Å²) in [5.41, 5.74) is 6.89. The van der Waals surface area contributed by atoms with Gasteiger partial charge < -0.3 is 0 Å². The summed E-state index contributed by atoms with van der Waals surface area (Å²) < 4.78 is 0. The minimum absolute atomic E-state index is 0.898. The molecule has 0 heterocycles. The second-order valence-electron chi connectivity index (χ2n) is 4.23. The smallest absolute Gasteiger partial charge is 0.0391 e. The van der Waals surface area contributed by atoms with E-state index in [9.17, 15) is 0 Å². The zero-order chi connectivity index (χ0) is 14.3. The molecule has 0 N–H and O–H groups in total. The Morgan fingerprint density at radius 2 is 1.00 bits per heavy atom. The third kappa shape index (κ3) is 17.4. The molecular formula is C17H30. The van der Waals surface area contributed by atoms with Crippen LogP contribution >= 0.6 is 0 Å². The zero-order valence-electron chi connectivity index (χ0n) is 12.5. The van der Waals surface area contributed by atoms with E-state index >= 15 is 0 Å².